The van der Waals surface area contributed by atoms with Crippen LogP contribution in [-0.4, -0.2) is 23.4 Å². The predicted octanol–water partition coefficient (Wildman–Crippen LogP) is 3.14. The normalized spacial score (nSPS) is 13.0. The van der Waals surface area contributed by atoms with Crippen LogP contribution in [0.3, 0.4) is 0 Å². The molecular formula is C20H17N3O3. The van der Waals surface area contributed by atoms with Crippen LogP contribution in [0.15, 0.2) is 54.7 Å². The SMILES string of the molecule is O=C(COc1ccc2c(c1)CCC(=O)N2)Nc1ccc2ncccc2c1. The van der Waals surface area contributed by atoms with Crippen LogP contribution in [0.5, 0.6) is 5.75 Å². The molecule has 0 saturated heterocycles. The van der Waals surface area contributed by atoms with E-state index in [0.717, 1.165) is 22.2 Å². The zero-order valence-corrected chi connectivity index (χ0v) is 14.0. The van der Waals surface area contributed by atoms with Crippen LogP contribution in [0.1, 0.15) is 12.0 Å². The molecule has 2 aromatic carbocycles. The maximum absolute atomic E-state index is 12.1. The van der Waals surface area contributed by atoms with E-state index < -0.39 is 0 Å². The molecule has 2 N–H and O–H groups in total. The number of anilines is 2. The van der Waals surface area contributed by atoms with Crippen molar-refractivity contribution in [2.75, 3.05) is 17.2 Å². The van der Waals surface area contributed by atoms with Crippen molar-refractivity contribution < 1.29 is 14.3 Å². The summed E-state index contributed by atoms with van der Waals surface area (Å²) in [5, 5.41) is 6.61. The van der Waals surface area contributed by atoms with Crippen molar-refractivity contribution in [3.8, 4) is 5.75 Å². The first kappa shape index (κ1) is 16.1. The molecule has 3 aromatic rings. The lowest BCUT2D eigenvalue weighted by Gasteiger charge is -2.17. The molecule has 0 bridgehead atoms. The van der Waals surface area contributed by atoms with Gasteiger partial charge in [-0.2, -0.15) is 0 Å². The number of hydrogen-bond donors (Lipinski definition) is 2. The minimum atomic E-state index is -0.237. The zero-order chi connectivity index (χ0) is 17.9. The van der Waals surface area contributed by atoms with Crippen molar-refractivity contribution in [1.29, 1.82) is 0 Å². The number of carbonyl (C=O) groups is 2. The predicted molar refractivity (Wildman–Crippen MR) is 99.3 cm³/mol. The van der Waals surface area contributed by atoms with Gasteiger partial charge in [-0.25, -0.2) is 0 Å². The third-order valence-electron chi connectivity index (χ3n) is 4.23. The summed E-state index contributed by atoms with van der Waals surface area (Å²) < 4.78 is 5.58. The average Bonchev–Trinajstić information content (AvgIpc) is 2.66. The summed E-state index contributed by atoms with van der Waals surface area (Å²) in [7, 11) is 0. The minimum absolute atomic E-state index is 0.0242. The Labute approximate surface area is 150 Å². The van der Waals surface area contributed by atoms with Gasteiger partial charge in [0.25, 0.3) is 5.91 Å². The van der Waals surface area contributed by atoms with E-state index in [-0.39, 0.29) is 18.4 Å². The molecule has 6 nitrogen and oxygen atoms in total. The maximum Gasteiger partial charge on any atom is 0.262 e. The van der Waals surface area contributed by atoms with Crippen molar-refractivity contribution in [2.45, 2.75) is 12.8 Å². The van der Waals surface area contributed by atoms with Crippen LogP contribution in [0, 0.1) is 0 Å². The Balaban J connectivity index is 1.38. The van der Waals surface area contributed by atoms with E-state index in [1.54, 1.807) is 18.3 Å². The number of aryl methyl sites for hydroxylation is 1. The minimum Gasteiger partial charge on any atom is -0.484 e. The molecule has 2 amide bonds. The maximum atomic E-state index is 12.1. The molecule has 0 spiro atoms. The molecule has 0 unspecified atom stereocenters. The first-order chi connectivity index (χ1) is 12.7. The highest BCUT2D eigenvalue weighted by Gasteiger charge is 2.15. The van der Waals surface area contributed by atoms with Gasteiger partial charge < -0.3 is 15.4 Å². The lowest BCUT2D eigenvalue weighted by molar-refractivity contribution is -0.118. The van der Waals surface area contributed by atoms with Gasteiger partial charge in [0, 0.05) is 29.4 Å². The quantitative estimate of drug-likeness (QED) is 0.760. The molecule has 1 aliphatic heterocycles. The van der Waals surface area contributed by atoms with E-state index in [9.17, 15) is 9.59 Å². The highest BCUT2D eigenvalue weighted by atomic mass is 16.5. The van der Waals surface area contributed by atoms with Gasteiger partial charge in [0.2, 0.25) is 5.91 Å². The smallest absolute Gasteiger partial charge is 0.262 e. The van der Waals surface area contributed by atoms with Crippen LogP contribution in [0.25, 0.3) is 10.9 Å². The Morgan fingerprint density at radius 3 is 3.00 bits per heavy atom. The second-order valence-corrected chi connectivity index (χ2v) is 6.11. The summed E-state index contributed by atoms with van der Waals surface area (Å²) in [5.74, 6) is 0.396. The Morgan fingerprint density at radius 2 is 2.08 bits per heavy atom. The fraction of sp³-hybridized carbons (Fsp3) is 0.150. The Kier molecular flexibility index (Phi) is 4.23. The number of nitrogens with zero attached hydrogens (tertiary/aromatic N) is 1. The third kappa shape index (κ3) is 3.49. The lowest BCUT2D eigenvalue weighted by Crippen LogP contribution is -2.21. The second kappa shape index (κ2) is 6.84. The summed E-state index contributed by atoms with van der Waals surface area (Å²) in [6.07, 6.45) is 2.88. The fourth-order valence-corrected chi connectivity index (χ4v) is 2.95. The number of benzene rings is 2. The number of amides is 2. The molecule has 0 atom stereocenters. The number of hydrogen-bond acceptors (Lipinski definition) is 4. The summed E-state index contributed by atoms with van der Waals surface area (Å²) in [5.41, 5.74) is 3.41. The van der Waals surface area contributed by atoms with Crippen LogP contribution in [-0.2, 0) is 16.0 Å². The van der Waals surface area contributed by atoms with Crippen molar-refractivity contribution >= 4 is 34.1 Å². The van der Waals surface area contributed by atoms with Crippen LogP contribution in [0.4, 0.5) is 11.4 Å². The van der Waals surface area contributed by atoms with Crippen molar-refractivity contribution in [1.82, 2.24) is 4.98 Å². The number of nitrogens with one attached hydrogen (secondary N) is 2. The molecule has 6 heteroatoms. The average molecular weight is 347 g/mol. The molecule has 1 aliphatic rings. The summed E-state index contributed by atoms with van der Waals surface area (Å²) >= 11 is 0. The van der Waals surface area contributed by atoms with E-state index in [4.69, 9.17) is 4.74 Å². The summed E-state index contributed by atoms with van der Waals surface area (Å²) in [6.45, 7) is -0.0871. The standard InChI is InChI=1S/C20H17N3O3/c24-19-8-3-14-11-16(5-7-18(14)23-19)26-12-20(25)22-15-4-6-17-13(10-15)2-1-9-21-17/h1-2,4-7,9-11H,3,8,12H2,(H,22,25)(H,23,24). The van der Waals surface area contributed by atoms with Gasteiger partial charge in [0.05, 0.1) is 5.52 Å². The van der Waals surface area contributed by atoms with Gasteiger partial charge in [-0.15, -0.1) is 0 Å². The van der Waals surface area contributed by atoms with Gasteiger partial charge >= 0.3 is 0 Å². The number of ether oxygens (including phenoxy) is 1. The molecule has 130 valence electrons. The van der Waals surface area contributed by atoms with Gasteiger partial charge in [-0.1, -0.05) is 6.07 Å². The summed E-state index contributed by atoms with van der Waals surface area (Å²) in [6, 6.07) is 14.8. The summed E-state index contributed by atoms with van der Waals surface area (Å²) in [4.78, 5) is 27.8. The van der Waals surface area contributed by atoms with Crippen LogP contribution < -0.4 is 15.4 Å². The van der Waals surface area contributed by atoms with Crippen molar-refractivity contribution in [3.63, 3.8) is 0 Å². The van der Waals surface area contributed by atoms with Gasteiger partial charge in [0.15, 0.2) is 6.61 Å². The number of rotatable bonds is 4. The number of carbonyl (C=O) groups excluding carboxylic acids is 2. The van der Waals surface area contributed by atoms with Crippen molar-refractivity contribution in [3.05, 3.63) is 60.3 Å². The first-order valence-electron chi connectivity index (χ1n) is 8.37. The molecule has 26 heavy (non-hydrogen) atoms. The van der Waals surface area contributed by atoms with E-state index in [2.05, 4.69) is 15.6 Å². The molecule has 0 radical (unpaired) electrons. The van der Waals surface area contributed by atoms with Gasteiger partial charge in [0.1, 0.15) is 5.75 Å². The molecular weight excluding hydrogens is 330 g/mol. The second-order valence-electron chi connectivity index (χ2n) is 6.11. The number of fused-ring (bicyclic) bond motifs is 2. The molecule has 0 aliphatic carbocycles. The van der Waals surface area contributed by atoms with E-state index >= 15 is 0 Å². The molecule has 4 rings (SSSR count). The Bertz CT molecular complexity index is 1000. The highest BCUT2D eigenvalue weighted by molar-refractivity contribution is 5.95. The molecule has 0 saturated carbocycles. The Hall–Kier alpha value is -3.41. The number of pyridine rings is 1. The lowest BCUT2D eigenvalue weighted by atomic mass is 10.0. The van der Waals surface area contributed by atoms with Crippen LogP contribution >= 0.6 is 0 Å². The monoisotopic (exact) mass is 347 g/mol. The van der Waals surface area contributed by atoms with Crippen LogP contribution in [0.2, 0.25) is 0 Å². The molecule has 2 heterocycles. The van der Waals surface area contributed by atoms with Gasteiger partial charge in [-0.3, -0.25) is 14.6 Å². The molecule has 1 aromatic heterocycles. The largest absolute Gasteiger partial charge is 0.484 e. The molecule has 0 fully saturated rings. The van der Waals surface area contributed by atoms with Gasteiger partial charge in [-0.05, 0) is 54.4 Å². The topological polar surface area (TPSA) is 80.3 Å². The van der Waals surface area contributed by atoms with E-state index in [0.29, 0.717) is 24.3 Å². The highest BCUT2D eigenvalue weighted by Crippen LogP contribution is 2.26. The van der Waals surface area contributed by atoms with E-state index in [1.165, 1.54) is 0 Å². The first-order valence-corrected chi connectivity index (χ1v) is 8.37. The number of aromatic nitrogens is 1. The van der Waals surface area contributed by atoms with E-state index in [1.807, 2.05) is 36.4 Å². The van der Waals surface area contributed by atoms with Crippen molar-refractivity contribution in [2.24, 2.45) is 0 Å². The zero-order valence-electron chi connectivity index (χ0n) is 14.0. The Morgan fingerprint density at radius 1 is 1.15 bits per heavy atom. The third-order valence-corrected chi connectivity index (χ3v) is 4.23. The fourth-order valence-electron chi connectivity index (χ4n) is 2.95.